The first-order valence-electron chi connectivity index (χ1n) is 9.72. The largest absolute Gasteiger partial charge is 0.504 e. The quantitative estimate of drug-likeness (QED) is 0.711. The average molecular weight is 390 g/mol. The summed E-state index contributed by atoms with van der Waals surface area (Å²) in [4.78, 5) is 9.13. The van der Waals surface area contributed by atoms with E-state index in [0.717, 1.165) is 48.4 Å². The van der Waals surface area contributed by atoms with Gasteiger partial charge >= 0.3 is 0 Å². The number of phenols is 1. The first-order valence-corrected chi connectivity index (χ1v) is 9.72. The van der Waals surface area contributed by atoms with Gasteiger partial charge < -0.3 is 25.4 Å². The molecule has 0 bridgehead atoms. The predicted octanol–water partition coefficient (Wildman–Crippen LogP) is 3.46. The molecule has 0 spiro atoms. The van der Waals surface area contributed by atoms with Gasteiger partial charge in [-0.05, 0) is 48.5 Å². The van der Waals surface area contributed by atoms with Crippen LogP contribution in [0.15, 0.2) is 54.7 Å². The number of likely N-dealkylation sites (N-methyl/N-ethyl adjacent to an activating group) is 1. The molecule has 3 N–H and O–H groups in total. The number of nitrogen functional groups attached to an aromatic ring is 1. The second-order valence-electron chi connectivity index (χ2n) is 7.38. The Morgan fingerprint density at radius 1 is 0.931 bits per heavy atom. The normalized spacial score (nSPS) is 14.8. The number of pyridine rings is 1. The smallest absolute Gasteiger partial charge is 0.160 e. The summed E-state index contributed by atoms with van der Waals surface area (Å²) in [7, 11) is 3.69. The number of hydrogen-bond acceptors (Lipinski definition) is 6. The van der Waals surface area contributed by atoms with E-state index in [0.29, 0.717) is 11.6 Å². The van der Waals surface area contributed by atoms with Crippen LogP contribution in [0, 0.1) is 0 Å². The van der Waals surface area contributed by atoms with Crippen LogP contribution in [0.5, 0.6) is 11.5 Å². The number of nitrogens with two attached hydrogens (primary N) is 1. The van der Waals surface area contributed by atoms with E-state index in [2.05, 4.69) is 46.1 Å². The van der Waals surface area contributed by atoms with Gasteiger partial charge in [0.05, 0.1) is 7.11 Å². The van der Waals surface area contributed by atoms with Crippen LogP contribution in [0.3, 0.4) is 0 Å². The molecule has 0 radical (unpaired) electrons. The number of rotatable bonds is 4. The molecule has 0 saturated carbocycles. The highest BCUT2D eigenvalue weighted by atomic mass is 16.5. The van der Waals surface area contributed by atoms with Crippen molar-refractivity contribution in [2.45, 2.75) is 0 Å². The summed E-state index contributed by atoms with van der Waals surface area (Å²) >= 11 is 0. The van der Waals surface area contributed by atoms with Gasteiger partial charge in [-0.2, -0.15) is 0 Å². The van der Waals surface area contributed by atoms with Gasteiger partial charge in [0.25, 0.3) is 0 Å². The molecule has 1 saturated heterocycles. The summed E-state index contributed by atoms with van der Waals surface area (Å²) in [5, 5.41) is 10.1. The van der Waals surface area contributed by atoms with E-state index in [-0.39, 0.29) is 5.75 Å². The molecule has 1 aliphatic rings. The second kappa shape index (κ2) is 8.01. The predicted molar refractivity (Wildman–Crippen MR) is 117 cm³/mol. The minimum absolute atomic E-state index is 0.0971. The lowest BCUT2D eigenvalue weighted by molar-refractivity contribution is 0.313. The molecule has 0 unspecified atom stereocenters. The summed E-state index contributed by atoms with van der Waals surface area (Å²) in [5.74, 6) is 1.02. The lowest BCUT2D eigenvalue weighted by atomic mass is 10.0. The van der Waals surface area contributed by atoms with Crippen molar-refractivity contribution in [2.24, 2.45) is 0 Å². The molecular weight excluding hydrogens is 364 g/mol. The van der Waals surface area contributed by atoms with Crippen molar-refractivity contribution in [3.05, 3.63) is 54.7 Å². The van der Waals surface area contributed by atoms with Crippen molar-refractivity contribution in [3.63, 3.8) is 0 Å². The molecule has 3 aromatic rings. The lowest BCUT2D eigenvalue weighted by Gasteiger charge is -2.34. The Morgan fingerprint density at radius 3 is 2.28 bits per heavy atom. The van der Waals surface area contributed by atoms with Crippen molar-refractivity contribution in [1.29, 1.82) is 0 Å². The van der Waals surface area contributed by atoms with Crippen LogP contribution in [0.4, 0.5) is 11.5 Å². The third-order valence-electron chi connectivity index (χ3n) is 5.48. The van der Waals surface area contributed by atoms with Crippen molar-refractivity contribution in [1.82, 2.24) is 9.88 Å². The number of nitrogens with zero attached hydrogens (tertiary/aromatic N) is 3. The number of anilines is 2. The third-order valence-corrected chi connectivity index (χ3v) is 5.48. The molecule has 2 aromatic carbocycles. The van der Waals surface area contributed by atoms with Crippen LogP contribution in [-0.4, -0.2) is 55.3 Å². The highest BCUT2D eigenvalue weighted by Gasteiger charge is 2.15. The average Bonchev–Trinajstić information content (AvgIpc) is 2.75. The van der Waals surface area contributed by atoms with Crippen LogP contribution < -0.4 is 15.4 Å². The molecule has 0 aliphatic carbocycles. The SMILES string of the molecule is COc1ccc(-c2cnc(N)c(-c3ccc(N4CCN(C)CC4)cc3)c2)cc1O. The van der Waals surface area contributed by atoms with Gasteiger partial charge in [0.1, 0.15) is 5.82 Å². The van der Waals surface area contributed by atoms with Crippen LogP contribution >= 0.6 is 0 Å². The first-order chi connectivity index (χ1) is 14.0. The van der Waals surface area contributed by atoms with Crippen LogP contribution in [0.25, 0.3) is 22.3 Å². The van der Waals surface area contributed by atoms with E-state index < -0.39 is 0 Å². The summed E-state index contributed by atoms with van der Waals surface area (Å²) in [6.07, 6.45) is 1.72. The first kappa shape index (κ1) is 19.1. The van der Waals surface area contributed by atoms with E-state index in [4.69, 9.17) is 10.5 Å². The van der Waals surface area contributed by atoms with Crippen molar-refractivity contribution < 1.29 is 9.84 Å². The number of aromatic hydroxyl groups is 1. The fraction of sp³-hybridized carbons (Fsp3) is 0.261. The zero-order chi connectivity index (χ0) is 20.4. The van der Waals surface area contributed by atoms with E-state index in [1.54, 1.807) is 18.3 Å². The number of methoxy groups -OCH3 is 1. The standard InChI is InChI=1S/C23H26N4O2/c1-26-9-11-27(12-10-26)19-6-3-16(4-7-19)20-13-18(15-25-23(20)24)17-5-8-22(29-2)21(28)14-17/h3-8,13-15,28H,9-12H2,1-2H3,(H2,24,25). The van der Waals surface area contributed by atoms with Gasteiger partial charge in [-0.25, -0.2) is 4.98 Å². The molecule has 150 valence electrons. The molecule has 0 atom stereocenters. The van der Waals surface area contributed by atoms with Gasteiger partial charge in [-0.15, -0.1) is 0 Å². The zero-order valence-electron chi connectivity index (χ0n) is 16.8. The van der Waals surface area contributed by atoms with E-state index in [1.165, 1.54) is 12.8 Å². The topological polar surface area (TPSA) is 74.9 Å². The maximum absolute atomic E-state index is 10.1. The summed E-state index contributed by atoms with van der Waals surface area (Å²) < 4.78 is 5.12. The monoisotopic (exact) mass is 390 g/mol. The molecular formula is C23H26N4O2. The third kappa shape index (κ3) is 3.98. The van der Waals surface area contributed by atoms with Crippen molar-refractivity contribution in [3.8, 4) is 33.8 Å². The summed E-state index contributed by atoms with van der Waals surface area (Å²) in [6, 6.07) is 15.8. The van der Waals surface area contributed by atoms with Crippen molar-refractivity contribution in [2.75, 3.05) is 51.0 Å². The van der Waals surface area contributed by atoms with Crippen LogP contribution in [-0.2, 0) is 0 Å². The van der Waals surface area contributed by atoms with Gasteiger partial charge in [-0.1, -0.05) is 18.2 Å². The lowest BCUT2D eigenvalue weighted by Crippen LogP contribution is -2.44. The van der Waals surface area contributed by atoms with Gasteiger partial charge in [-0.3, -0.25) is 0 Å². The number of ether oxygens (including phenoxy) is 1. The molecule has 1 fully saturated rings. The molecule has 6 heteroatoms. The zero-order valence-corrected chi connectivity index (χ0v) is 16.8. The Kier molecular flexibility index (Phi) is 5.27. The minimum atomic E-state index is 0.0971. The number of benzene rings is 2. The Morgan fingerprint density at radius 2 is 1.62 bits per heavy atom. The van der Waals surface area contributed by atoms with Gasteiger partial charge in [0.15, 0.2) is 11.5 Å². The van der Waals surface area contributed by atoms with E-state index >= 15 is 0 Å². The molecule has 6 nitrogen and oxygen atoms in total. The fourth-order valence-corrected chi connectivity index (χ4v) is 3.65. The Hall–Kier alpha value is -3.25. The highest BCUT2D eigenvalue weighted by Crippen LogP contribution is 2.34. The van der Waals surface area contributed by atoms with Gasteiger partial charge in [0.2, 0.25) is 0 Å². The van der Waals surface area contributed by atoms with E-state index in [1.807, 2.05) is 12.1 Å². The number of hydrogen-bond donors (Lipinski definition) is 2. The number of piperazine rings is 1. The summed E-state index contributed by atoms with van der Waals surface area (Å²) in [6.45, 7) is 4.23. The molecule has 4 rings (SSSR count). The molecule has 0 amide bonds. The molecule has 29 heavy (non-hydrogen) atoms. The maximum atomic E-state index is 10.1. The molecule has 1 aromatic heterocycles. The Bertz CT molecular complexity index is 996. The molecule has 2 heterocycles. The Balaban J connectivity index is 1.61. The fourth-order valence-electron chi connectivity index (χ4n) is 3.65. The van der Waals surface area contributed by atoms with Crippen LogP contribution in [0.2, 0.25) is 0 Å². The Labute approximate surface area is 171 Å². The number of aromatic nitrogens is 1. The van der Waals surface area contributed by atoms with Crippen LogP contribution in [0.1, 0.15) is 0 Å². The van der Waals surface area contributed by atoms with Crippen molar-refractivity contribution >= 4 is 11.5 Å². The number of phenolic OH excluding ortho intramolecular Hbond substituents is 1. The van der Waals surface area contributed by atoms with Gasteiger partial charge in [0, 0.05) is 49.2 Å². The highest BCUT2D eigenvalue weighted by molar-refractivity contribution is 5.80. The second-order valence-corrected chi connectivity index (χ2v) is 7.38. The van der Waals surface area contributed by atoms with E-state index in [9.17, 15) is 5.11 Å². The summed E-state index contributed by atoms with van der Waals surface area (Å²) in [5.41, 5.74) is 11.0. The maximum Gasteiger partial charge on any atom is 0.160 e. The molecule has 1 aliphatic heterocycles. The minimum Gasteiger partial charge on any atom is -0.504 e.